The molecular formula is C13H16FN3O4. The van der Waals surface area contributed by atoms with Gasteiger partial charge in [-0.05, 0) is 18.6 Å². The summed E-state index contributed by atoms with van der Waals surface area (Å²) in [5.74, 6) is -2.09. The number of carbonyl (C=O) groups is 3. The minimum Gasteiger partial charge on any atom is -0.347 e. The molecule has 0 unspecified atom stereocenters. The van der Waals surface area contributed by atoms with Gasteiger partial charge in [0.05, 0.1) is 12.2 Å². The Morgan fingerprint density at radius 2 is 1.71 bits per heavy atom. The number of amides is 3. The van der Waals surface area contributed by atoms with Crippen LogP contribution in [-0.4, -0.2) is 29.5 Å². The zero-order chi connectivity index (χ0) is 15.7. The average molecular weight is 297 g/mol. The smallest absolute Gasteiger partial charge is 0.262 e. The summed E-state index contributed by atoms with van der Waals surface area (Å²) in [6.45, 7) is -0.337. The molecule has 7 nitrogen and oxygen atoms in total. The molecule has 0 aromatic heterocycles. The Bertz CT molecular complexity index is 522. The third-order valence-electron chi connectivity index (χ3n) is 2.53. The van der Waals surface area contributed by atoms with Crippen molar-refractivity contribution < 1.29 is 24.0 Å². The van der Waals surface area contributed by atoms with E-state index in [1.54, 1.807) is 6.07 Å². The summed E-state index contributed by atoms with van der Waals surface area (Å²) in [6.07, 6.45) is 0.351. The lowest BCUT2D eigenvalue weighted by Gasteiger charge is -2.06. The van der Waals surface area contributed by atoms with Crippen molar-refractivity contribution in [1.29, 1.82) is 0 Å². The second kappa shape index (κ2) is 8.64. The molecule has 8 heteroatoms. The van der Waals surface area contributed by atoms with Gasteiger partial charge in [-0.15, -0.1) is 0 Å². The van der Waals surface area contributed by atoms with Gasteiger partial charge in [0.1, 0.15) is 5.82 Å². The van der Waals surface area contributed by atoms with E-state index in [1.807, 2.05) is 0 Å². The van der Waals surface area contributed by atoms with E-state index in [-0.39, 0.29) is 31.5 Å². The molecule has 0 saturated heterocycles. The van der Waals surface area contributed by atoms with Crippen LogP contribution in [0.15, 0.2) is 24.3 Å². The van der Waals surface area contributed by atoms with E-state index >= 15 is 0 Å². The van der Waals surface area contributed by atoms with Crippen LogP contribution in [-0.2, 0) is 14.4 Å². The van der Waals surface area contributed by atoms with Crippen molar-refractivity contribution in [3.8, 4) is 0 Å². The number of carbonyl (C=O) groups excluding carboxylic acids is 3. The molecule has 0 aliphatic rings. The van der Waals surface area contributed by atoms with Crippen LogP contribution < -0.4 is 16.1 Å². The summed E-state index contributed by atoms with van der Waals surface area (Å²) in [6, 6.07) is 5.78. The fourth-order valence-electron chi connectivity index (χ4n) is 1.49. The number of hydroxylamine groups is 1. The molecule has 0 saturated carbocycles. The van der Waals surface area contributed by atoms with Crippen molar-refractivity contribution in [1.82, 2.24) is 10.8 Å². The standard InChI is InChI=1S/C13H16FN3O4/c14-9-4-1-2-5-10(9)16-12(19)7-3-6-11(18)15-8-13(20)17-21/h1-2,4-5,21H,3,6-8H2,(H,15,18)(H,16,19)(H,17,20). The molecule has 1 aromatic carbocycles. The normalized spacial score (nSPS) is 9.81. The van der Waals surface area contributed by atoms with E-state index in [2.05, 4.69) is 10.6 Å². The Morgan fingerprint density at radius 1 is 1.05 bits per heavy atom. The van der Waals surface area contributed by atoms with Crippen LogP contribution >= 0.6 is 0 Å². The summed E-state index contributed by atoms with van der Waals surface area (Å²) in [5, 5.41) is 12.9. The quantitative estimate of drug-likeness (QED) is 0.435. The topological polar surface area (TPSA) is 108 Å². The first kappa shape index (κ1) is 16.6. The van der Waals surface area contributed by atoms with E-state index in [0.29, 0.717) is 0 Å². The maximum absolute atomic E-state index is 13.3. The first-order valence-electron chi connectivity index (χ1n) is 6.27. The average Bonchev–Trinajstić information content (AvgIpc) is 2.47. The molecule has 0 aliphatic carbocycles. The molecule has 3 amide bonds. The largest absolute Gasteiger partial charge is 0.347 e. The number of halogens is 1. The summed E-state index contributed by atoms with van der Waals surface area (Å²) >= 11 is 0. The van der Waals surface area contributed by atoms with Crippen molar-refractivity contribution in [2.24, 2.45) is 0 Å². The minimum absolute atomic E-state index is 0.0450. The van der Waals surface area contributed by atoms with Crippen molar-refractivity contribution in [2.45, 2.75) is 19.3 Å². The Balaban J connectivity index is 2.23. The molecule has 0 spiro atoms. The van der Waals surface area contributed by atoms with E-state index in [9.17, 15) is 18.8 Å². The van der Waals surface area contributed by atoms with E-state index < -0.39 is 23.5 Å². The highest BCUT2D eigenvalue weighted by Crippen LogP contribution is 2.12. The predicted molar refractivity (Wildman–Crippen MR) is 71.8 cm³/mol. The molecule has 1 aromatic rings. The highest BCUT2D eigenvalue weighted by atomic mass is 19.1. The fraction of sp³-hybridized carbons (Fsp3) is 0.308. The number of hydrogen-bond donors (Lipinski definition) is 4. The lowest BCUT2D eigenvalue weighted by atomic mass is 10.2. The molecule has 0 aliphatic heterocycles. The van der Waals surface area contributed by atoms with E-state index in [4.69, 9.17) is 5.21 Å². The van der Waals surface area contributed by atoms with Gasteiger partial charge >= 0.3 is 0 Å². The van der Waals surface area contributed by atoms with Gasteiger partial charge in [-0.3, -0.25) is 19.6 Å². The predicted octanol–water partition coefficient (Wildman–Crippen LogP) is 0.556. The number of nitrogens with one attached hydrogen (secondary N) is 3. The number of anilines is 1. The Kier molecular flexibility index (Phi) is 6.82. The van der Waals surface area contributed by atoms with E-state index in [0.717, 1.165) is 0 Å². The first-order valence-corrected chi connectivity index (χ1v) is 6.27. The molecule has 0 radical (unpaired) electrons. The highest BCUT2D eigenvalue weighted by molar-refractivity contribution is 5.91. The third kappa shape index (κ3) is 6.48. The van der Waals surface area contributed by atoms with Crippen LogP contribution in [0.1, 0.15) is 19.3 Å². The van der Waals surface area contributed by atoms with E-state index in [1.165, 1.54) is 23.7 Å². The van der Waals surface area contributed by atoms with Crippen LogP contribution in [0.2, 0.25) is 0 Å². The molecule has 1 rings (SSSR count). The Labute approximate surface area is 120 Å². The molecule has 4 N–H and O–H groups in total. The Hall–Kier alpha value is -2.48. The van der Waals surface area contributed by atoms with Crippen LogP contribution in [0.4, 0.5) is 10.1 Å². The van der Waals surface area contributed by atoms with Crippen molar-refractivity contribution in [2.75, 3.05) is 11.9 Å². The molecule has 21 heavy (non-hydrogen) atoms. The maximum atomic E-state index is 13.3. The summed E-state index contributed by atoms with van der Waals surface area (Å²) < 4.78 is 13.3. The van der Waals surface area contributed by atoms with Gasteiger partial charge in [0.25, 0.3) is 5.91 Å². The molecular weight excluding hydrogens is 281 g/mol. The van der Waals surface area contributed by atoms with Crippen molar-refractivity contribution in [3.63, 3.8) is 0 Å². The molecule has 0 fully saturated rings. The molecule has 0 bridgehead atoms. The molecule has 114 valence electrons. The lowest BCUT2D eigenvalue weighted by Crippen LogP contribution is -2.35. The summed E-state index contributed by atoms with van der Waals surface area (Å²) in [4.78, 5) is 33.5. The third-order valence-corrected chi connectivity index (χ3v) is 2.53. The van der Waals surface area contributed by atoms with Gasteiger partial charge in [-0.1, -0.05) is 12.1 Å². The van der Waals surface area contributed by atoms with Gasteiger partial charge in [-0.2, -0.15) is 0 Å². The maximum Gasteiger partial charge on any atom is 0.262 e. The van der Waals surface area contributed by atoms with Gasteiger partial charge in [-0.25, -0.2) is 9.87 Å². The lowest BCUT2D eigenvalue weighted by molar-refractivity contribution is -0.131. The van der Waals surface area contributed by atoms with Crippen molar-refractivity contribution >= 4 is 23.4 Å². The van der Waals surface area contributed by atoms with Gasteiger partial charge < -0.3 is 10.6 Å². The van der Waals surface area contributed by atoms with Gasteiger partial charge in [0.2, 0.25) is 11.8 Å². The molecule has 0 atom stereocenters. The number of rotatable bonds is 7. The second-order valence-electron chi connectivity index (χ2n) is 4.19. The zero-order valence-corrected chi connectivity index (χ0v) is 11.2. The zero-order valence-electron chi connectivity index (χ0n) is 11.2. The molecule has 0 heterocycles. The number of para-hydroxylation sites is 1. The highest BCUT2D eigenvalue weighted by Gasteiger charge is 2.08. The number of benzene rings is 1. The van der Waals surface area contributed by atoms with Crippen molar-refractivity contribution in [3.05, 3.63) is 30.1 Å². The number of hydrogen-bond acceptors (Lipinski definition) is 4. The van der Waals surface area contributed by atoms with Crippen LogP contribution in [0.5, 0.6) is 0 Å². The first-order chi connectivity index (χ1) is 10.0. The summed E-state index contributed by atoms with van der Waals surface area (Å²) in [5.41, 5.74) is 1.46. The van der Waals surface area contributed by atoms with Crippen LogP contribution in [0.3, 0.4) is 0 Å². The monoisotopic (exact) mass is 297 g/mol. The SMILES string of the molecule is O=C(CNC(=O)CCCC(=O)Nc1ccccc1F)NO. The summed E-state index contributed by atoms with van der Waals surface area (Å²) in [7, 11) is 0. The Morgan fingerprint density at radius 3 is 2.38 bits per heavy atom. The van der Waals surface area contributed by atoms with Gasteiger partial charge in [0.15, 0.2) is 0 Å². The van der Waals surface area contributed by atoms with Crippen LogP contribution in [0, 0.1) is 5.82 Å². The fourth-order valence-corrected chi connectivity index (χ4v) is 1.49. The van der Waals surface area contributed by atoms with Gasteiger partial charge in [0, 0.05) is 12.8 Å². The second-order valence-corrected chi connectivity index (χ2v) is 4.19. The minimum atomic E-state index is -0.736. The van der Waals surface area contributed by atoms with Crippen LogP contribution in [0.25, 0.3) is 0 Å².